The van der Waals surface area contributed by atoms with E-state index >= 15 is 0 Å². The van der Waals surface area contributed by atoms with Crippen LogP contribution < -0.4 is 10.2 Å². The molecule has 0 aliphatic carbocycles. The Morgan fingerprint density at radius 1 is 1.03 bits per heavy atom. The first kappa shape index (κ1) is 18.7. The highest BCUT2D eigenvalue weighted by molar-refractivity contribution is 6.31. The number of nitrogens with zero attached hydrogens (tertiary/aromatic N) is 3. The van der Waals surface area contributed by atoms with Crippen LogP contribution in [0.2, 0.25) is 5.02 Å². The van der Waals surface area contributed by atoms with Gasteiger partial charge in [-0.2, -0.15) is 0 Å². The lowest BCUT2D eigenvalue weighted by molar-refractivity contribution is 0.102. The summed E-state index contributed by atoms with van der Waals surface area (Å²) in [5.74, 6) is 0.914. The maximum Gasteiger partial charge on any atom is 0.255 e. The van der Waals surface area contributed by atoms with Crippen molar-refractivity contribution in [2.45, 2.75) is 20.0 Å². The smallest absolute Gasteiger partial charge is 0.255 e. The van der Waals surface area contributed by atoms with Crippen LogP contribution in [0.1, 0.15) is 21.7 Å². The second kappa shape index (κ2) is 7.50. The lowest BCUT2D eigenvalue weighted by atomic mass is 10.1. The topological polar surface area (TPSA) is 50.2 Å². The molecule has 5 nitrogen and oxygen atoms in total. The molecule has 0 spiro atoms. The molecule has 6 heteroatoms. The quantitative estimate of drug-likeness (QED) is 0.495. The van der Waals surface area contributed by atoms with Crippen molar-refractivity contribution in [3.05, 3.63) is 88.7 Å². The molecule has 30 heavy (non-hydrogen) atoms. The van der Waals surface area contributed by atoms with E-state index in [-0.39, 0.29) is 5.91 Å². The standard InChI is InChI=1S/C24H21ClN4O/c1-16-5-7-17(8-6-16)24(30)26-19-3-2-4-20(14-19)28-11-12-29-22-10-9-18(25)13-21(22)27-23(29)15-28/h2-10,13-14H,11-12,15H2,1H3,(H,26,30). The predicted octanol–water partition coefficient (Wildman–Crippen LogP) is 5.27. The molecule has 3 aromatic carbocycles. The molecule has 0 saturated heterocycles. The Hall–Kier alpha value is -3.31. The SMILES string of the molecule is Cc1ccc(C(=O)Nc2cccc(N3CCn4c(nc5cc(Cl)ccc54)C3)c2)cc1. The second-order valence-electron chi connectivity index (χ2n) is 7.60. The van der Waals surface area contributed by atoms with Gasteiger partial charge < -0.3 is 14.8 Å². The summed E-state index contributed by atoms with van der Waals surface area (Å²) in [5, 5.41) is 3.70. The van der Waals surface area contributed by atoms with Crippen LogP contribution in [0.25, 0.3) is 11.0 Å². The third-order valence-electron chi connectivity index (χ3n) is 5.50. The molecule has 5 rings (SSSR count). The molecule has 0 atom stereocenters. The van der Waals surface area contributed by atoms with Gasteiger partial charge in [-0.25, -0.2) is 4.98 Å². The van der Waals surface area contributed by atoms with Crippen molar-refractivity contribution in [1.82, 2.24) is 9.55 Å². The van der Waals surface area contributed by atoms with Crippen molar-refractivity contribution in [2.75, 3.05) is 16.8 Å². The van der Waals surface area contributed by atoms with Gasteiger partial charge in [0.25, 0.3) is 5.91 Å². The van der Waals surface area contributed by atoms with E-state index in [0.717, 1.165) is 46.9 Å². The van der Waals surface area contributed by atoms with Gasteiger partial charge in [0.15, 0.2) is 0 Å². The number of benzene rings is 3. The van der Waals surface area contributed by atoms with Crippen molar-refractivity contribution in [3.63, 3.8) is 0 Å². The van der Waals surface area contributed by atoms with Crippen LogP contribution in [0.5, 0.6) is 0 Å². The van der Waals surface area contributed by atoms with Crippen LogP contribution in [-0.4, -0.2) is 22.0 Å². The van der Waals surface area contributed by atoms with Gasteiger partial charge in [-0.05, 0) is 55.5 Å². The molecule has 0 saturated carbocycles. The highest BCUT2D eigenvalue weighted by atomic mass is 35.5. The monoisotopic (exact) mass is 416 g/mol. The average Bonchev–Trinajstić information content (AvgIpc) is 3.11. The Bertz CT molecular complexity index is 1250. The number of anilines is 2. The number of halogens is 1. The minimum absolute atomic E-state index is 0.107. The molecule has 0 bridgehead atoms. The van der Waals surface area contributed by atoms with Gasteiger partial charge in [-0.15, -0.1) is 0 Å². The van der Waals surface area contributed by atoms with E-state index in [1.165, 1.54) is 0 Å². The lowest BCUT2D eigenvalue weighted by Crippen LogP contribution is -2.33. The third-order valence-corrected chi connectivity index (χ3v) is 5.73. The molecule has 4 aromatic rings. The van der Waals surface area contributed by atoms with E-state index in [4.69, 9.17) is 16.6 Å². The molecule has 0 fully saturated rings. The number of imidazole rings is 1. The van der Waals surface area contributed by atoms with Gasteiger partial charge >= 0.3 is 0 Å². The van der Waals surface area contributed by atoms with Gasteiger partial charge in [0.1, 0.15) is 5.82 Å². The first-order valence-electron chi connectivity index (χ1n) is 9.94. The Kier molecular flexibility index (Phi) is 4.68. The van der Waals surface area contributed by atoms with Gasteiger partial charge in [0.2, 0.25) is 0 Å². The molecule has 1 aromatic heterocycles. The normalized spacial score (nSPS) is 13.3. The van der Waals surface area contributed by atoms with Crippen LogP contribution >= 0.6 is 11.6 Å². The highest BCUT2D eigenvalue weighted by Crippen LogP contribution is 2.28. The average molecular weight is 417 g/mol. The summed E-state index contributed by atoms with van der Waals surface area (Å²) in [4.78, 5) is 19.6. The number of fused-ring (bicyclic) bond motifs is 3. The maximum atomic E-state index is 12.6. The van der Waals surface area contributed by atoms with Crippen LogP contribution in [0.15, 0.2) is 66.7 Å². The van der Waals surface area contributed by atoms with Crippen molar-refractivity contribution < 1.29 is 4.79 Å². The fourth-order valence-corrected chi connectivity index (χ4v) is 4.07. The van der Waals surface area contributed by atoms with Crippen molar-refractivity contribution in [1.29, 1.82) is 0 Å². The number of nitrogens with one attached hydrogen (secondary N) is 1. The first-order chi connectivity index (χ1) is 14.6. The highest BCUT2D eigenvalue weighted by Gasteiger charge is 2.21. The summed E-state index contributed by atoms with van der Waals surface area (Å²) in [6, 6.07) is 21.4. The number of rotatable bonds is 3. The van der Waals surface area contributed by atoms with E-state index in [1.54, 1.807) is 0 Å². The minimum Gasteiger partial charge on any atom is -0.362 e. The molecular formula is C24H21ClN4O. The number of hydrogen-bond donors (Lipinski definition) is 1. The molecule has 0 radical (unpaired) electrons. The zero-order valence-corrected chi connectivity index (χ0v) is 17.4. The number of amides is 1. The number of aryl methyl sites for hydroxylation is 1. The summed E-state index contributed by atoms with van der Waals surface area (Å²) in [5.41, 5.74) is 5.67. The number of carbonyl (C=O) groups excluding carboxylic acids is 1. The fraction of sp³-hybridized carbons (Fsp3) is 0.167. The summed E-state index contributed by atoms with van der Waals surface area (Å²) in [6.07, 6.45) is 0. The van der Waals surface area contributed by atoms with Crippen molar-refractivity contribution >= 4 is 39.9 Å². The number of carbonyl (C=O) groups is 1. The van der Waals surface area contributed by atoms with Gasteiger partial charge in [0.05, 0.1) is 17.6 Å². The Balaban J connectivity index is 1.36. The van der Waals surface area contributed by atoms with Crippen LogP contribution in [0, 0.1) is 6.92 Å². The molecule has 1 amide bonds. The van der Waals surface area contributed by atoms with Crippen LogP contribution in [-0.2, 0) is 13.1 Å². The van der Waals surface area contributed by atoms with Crippen molar-refractivity contribution in [3.8, 4) is 0 Å². The van der Waals surface area contributed by atoms with Crippen molar-refractivity contribution in [2.24, 2.45) is 0 Å². The Morgan fingerprint density at radius 2 is 1.87 bits per heavy atom. The maximum absolute atomic E-state index is 12.6. The Labute approximate surface area is 179 Å². The molecule has 1 aliphatic rings. The molecule has 2 heterocycles. The molecule has 0 unspecified atom stereocenters. The summed E-state index contributed by atoms with van der Waals surface area (Å²) < 4.78 is 2.26. The summed E-state index contributed by atoms with van der Waals surface area (Å²) in [7, 11) is 0. The van der Waals surface area contributed by atoms with Crippen LogP contribution in [0.3, 0.4) is 0 Å². The zero-order valence-electron chi connectivity index (χ0n) is 16.6. The molecular weight excluding hydrogens is 396 g/mol. The second-order valence-corrected chi connectivity index (χ2v) is 8.04. The van der Waals surface area contributed by atoms with E-state index in [9.17, 15) is 4.79 Å². The third kappa shape index (κ3) is 3.53. The van der Waals surface area contributed by atoms with Gasteiger partial charge in [-0.1, -0.05) is 35.4 Å². The fourth-order valence-electron chi connectivity index (χ4n) is 3.90. The predicted molar refractivity (Wildman–Crippen MR) is 121 cm³/mol. The summed E-state index contributed by atoms with van der Waals surface area (Å²) in [6.45, 7) is 4.44. The summed E-state index contributed by atoms with van der Waals surface area (Å²) >= 11 is 6.12. The number of aromatic nitrogens is 2. The van der Waals surface area contributed by atoms with Crippen LogP contribution in [0.4, 0.5) is 11.4 Å². The van der Waals surface area contributed by atoms with Gasteiger partial charge in [-0.3, -0.25) is 4.79 Å². The van der Waals surface area contributed by atoms with E-state index in [0.29, 0.717) is 17.1 Å². The zero-order chi connectivity index (χ0) is 20.7. The lowest BCUT2D eigenvalue weighted by Gasteiger charge is -2.30. The molecule has 150 valence electrons. The number of hydrogen-bond acceptors (Lipinski definition) is 3. The van der Waals surface area contributed by atoms with E-state index < -0.39 is 0 Å². The largest absolute Gasteiger partial charge is 0.362 e. The minimum atomic E-state index is -0.107. The van der Waals surface area contributed by atoms with Gasteiger partial charge in [0, 0.05) is 35.1 Å². The molecule has 1 aliphatic heterocycles. The van der Waals surface area contributed by atoms with E-state index in [2.05, 4.69) is 20.9 Å². The molecule has 1 N–H and O–H groups in total. The Morgan fingerprint density at radius 3 is 2.70 bits per heavy atom. The first-order valence-corrected chi connectivity index (χ1v) is 10.3. The van der Waals surface area contributed by atoms with E-state index in [1.807, 2.05) is 67.6 Å².